The summed E-state index contributed by atoms with van der Waals surface area (Å²) in [5, 5.41) is 20.3. The Bertz CT molecular complexity index is 598. The molecular weight excluding hydrogens is 244 g/mol. The van der Waals surface area contributed by atoms with Crippen molar-refractivity contribution in [3.8, 4) is 17.6 Å². The molecule has 0 radical (unpaired) electrons. The highest BCUT2D eigenvalue weighted by atomic mass is 16.5. The van der Waals surface area contributed by atoms with E-state index in [0.29, 0.717) is 18.0 Å². The van der Waals surface area contributed by atoms with E-state index in [4.69, 9.17) is 9.84 Å². The number of tetrazole rings is 1. The van der Waals surface area contributed by atoms with E-state index >= 15 is 0 Å². The maximum atomic E-state index is 8.71. The van der Waals surface area contributed by atoms with Crippen molar-refractivity contribution in [3.05, 3.63) is 35.7 Å². The second-order valence-corrected chi connectivity index (χ2v) is 3.76. The number of aromatic nitrogens is 4. The van der Waals surface area contributed by atoms with Crippen molar-refractivity contribution in [2.24, 2.45) is 7.05 Å². The third kappa shape index (κ3) is 3.79. The predicted octanol–water partition coefficient (Wildman–Crippen LogP) is 0.523. The van der Waals surface area contributed by atoms with Gasteiger partial charge >= 0.3 is 0 Å². The summed E-state index contributed by atoms with van der Waals surface area (Å²) in [5.41, 5.74) is 0.778. The van der Waals surface area contributed by atoms with Gasteiger partial charge in [0.15, 0.2) is 6.61 Å². The van der Waals surface area contributed by atoms with E-state index in [1.807, 2.05) is 24.3 Å². The molecule has 6 nitrogen and oxygen atoms in total. The molecule has 2 aromatic rings. The Labute approximate surface area is 111 Å². The summed E-state index contributed by atoms with van der Waals surface area (Å²) in [6.07, 6.45) is 0.444. The third-order valence-electron chi connectivity index (χ3n) is 2.25. The van der Waals surface area contributed by atoms with E-state index < -0.39 is 0 Å². The molecule has 0 aliphatic carbocycles. The van der Waals surface area contributed by atoms with Crippen molar-refractivity contribution < 1.29 is 9.84 Å². The summed E-state index contributed by atoms with van der Waals surface area (Å²) in [6, 6.07) is 7.45. The summed E-state index contributed by atoms with van der Waals surface area (Å²) in [7, 11) is 1.70. The van der Waals surface area contributed by atoms with Gasteiger partial charge in [-0.3, -0.25) is 0 Å². The molecule has 0 aliphatic heterocycles. The average Bonchev–Trinajstić information content (AvgIpc) is 2.84. The van der Waals surface area contributed by atoms with Crippen LogP contribution in [0.5, 0.6) is 5.75 Å². The lowest BCUT2D eigenvalue weighted by Crippen LogP contribution is -2.00. The van der Waals surface area contributed by atoms with Crippen molar-refractivity contribution in [1.29, 1.82) is 0 Å². The fraction of sp³-hybridized carbons (Fsp3) is 0.308. The molecule has 2 rings (SSSR count). The topological polar surface area (TPSA) is 73.1 Å². The Morgan fingerprint density at radius 2 is 2.21 bits per heavy atom. The quantitative estimate of drug-likeness (QED) is 0.809. The number of aryl methyl sites for hydroxylation is 1. The molecule has 0 unspecified atom stereocenters. The van der Waals surface area contributed by atoms with Crippen LogP contribution in [0.15, 0.2) is 24.3 Å². The molecule has 1 heterocycles. The maximum absolute atomic E-state index is 8.71. The number of aliphatic hydroxyl groups is 1. The molecule has 0 atom stereocenters. The van der Waals surface area contributed by atoms with Crippen LogP contribution in [-0.2, 0) is 13.7 Å². The molecule has 6 heteroatoms. The molecule has 1 aromatic carbocycles. The zero-order valence-corrected chi connectivity index (χ0v) is 10.6. The summed E-state index contributed by atoms with van der Waals surface area (Å²) >= 11 is 0. The van der Waals surface area contributed by atoms with E-state index in [1.54, 1.807) is 7.05 Å². The molecule has 98 valence electrons. The second-order valence-electron chi connectivity index (χ2n) is 3.76. The first kappa shape index (κ1) is 13.1. The Hall–Kier alpha value is -2.39. The van der Waals surface area contributed by atoms with Gasteiger partial charge in [0.05, 0.1) is 19.2 Å². The highest BCUT2D eigenvalue weighted by Gasteiger charge is 2.04. The molecule has 0 fully saturated rings. The van der Waals surface area contributed by atoms with Crippen LogP contribution in [0.4, 0.5) is 0 Å². The van der Waals surface area contributed by atoms with Crippen LogP contribution in [0.1, 0.15) is 17.8 Å². The minimum absolute atomic E-state index is 0.0551. The smallest absolute Gasteiger partial charge is 0.212 e. The highest BCUT2D eigenvalue weighted by Crippen LogP contribution is 2.17. The lowest BCUT2D eigenvalue weighted by molar-refractivity contribution is 0.294. The number of ether oxygens (including phenoxy) is 1. The van der Waals surface area contributed by atoms with Gasteiger partial charge in [0.1, 0.15) is 5.75 Å². The summed E-state index contributed by atoms with van der Waals surface area (Å²) in [4.78, 5) is 1.38. The SMILES string of the molecule is Cn1nnc(COc2ccccc2C#CCCO)n1. The Morgan fingerprint density at radius 1 is 1.37 bits per heavy atom. The number of hydrogen-bond donors (Lipinski definition) is 1. The first-order valence-electron chi connectivity index (χ1n) is 5.84. The van der Waals surface area contributed by atoms with Gasteiger partial charge in [0, 0.05) is 6.42 Å². The van der Waals surface area contributed by atoms with Crippen LogP contribution in [0.3, 0.4) is 0 Å². The van der Waals surface area contributed by atoms with Gasteiger partial charge in [-0.2, -0.15) is 4.80 Å². The van der Waals surface area contributed by atoms with E-state index in [1.165, 1.54) is 4.80 Å². The van der Waals surface area contributed by atoms with Crippen LogP contribution in [0.25, 0.3) is 0 Å². The minimum Gasteiger partial charge on any atom is -0.484 e. The molecule has 0 amide bonds. The van der Waals surface area contributed by atoms with Gasteiger partial charge in [-0.25, -0.2) is 0 Å². The normalized spacial score (nSPS) is 9.79. The zero-order valence-electron chi connectivity index (χ0n) is 10.6. The standard InChI is InChI=1S/C13H14N4O2/c1-17-15-13(14-16-17)10-19-12-8-3-2-6-11(12)7-4-5-9-18/h2-3,6,8,18H,5,9-10H2,1H3. The van der Waals surface area contributed by atoms with Crippen molar-refractivity contribution in [2.75, 3.05) is 6.61 Å². The zero-order chi connectivity index (χ0) is 13.5. The van der Waals surface area contributed by atoms with Crippen molar-refractivity contribution in [1.82, 2.24) is 20.2 Å². The number of para-hydroxylation sites is 1. The van der Waals surface area contributed by atoms with Gasteiger partial charge < -0.3 is 9.84 Å². The van der Waals surface area contributed by atoms with Crippen LogP contribution < -0.4 is 4.74 Å². The molecule has 0 saturated carbocycles. The van der Waals surface area contributed by atoms with Crippen LogP contribution in [0.2, 0.25) is 0 Å². The second kappa shape index (κ2) is 6.52. The summed E-state index contributed by atoms with van der Waals surface area (Å²) < 4.78 is 5.62. The van der Waals surface area contributed by atoms with Gasteiger partial charge in [0.2, 0.25) is 5.82 Å². The van der Waals surface area contributed by atoms with E-state index in [0.717, 1.165) is 5.56 Å². The third-order valence-corrected chi connectivity index (χ3v) is 2.25. The van der Waals surface area contributed by atoms with Crippen LogP contribution >= 0.6 is 0 Å². The average molecular weight is 258 g/mol. The molecular formula is C13H14N4O2. The molecule has 1 aromatic heterocycles. The number of hydrogen-bond acceptors (Lipinski definition) is 5. The number of aliphatic hydroxyl groups excluding tert-OH is 1. The van der Waals surface area contributed by atoms with Gasteiger partial charge in [-0.15, -0.1) is 10.2 Å². The Kier molecular flexibility index (Phi) is 4.48. The van der Waals surface area contributed by atoms with Crippen molar-refractivity contribution in [3.63, 3.8) is 0 Å². The summed E-state index contributed by atoms with van der Waals surface area (Å²) in [5.74, 6) is 7.01. The highest BCUT2D eigenvalue weighted by molar-refractivity contribution is 5.45. The van der Waals surface area contributed by atoms with Crippen molar-refractivity contribution in [2.45, 2.75) is 13.0 Å². The lowest BCUT2D eigenvalue weighted by atomic mass is 10.2. The Morgan fingerprint density at radius 3 is 2.95 bits per heavy atom. The fourth-order valence-corrected chi connectivity index (χ4v) is 1.43. The maximum Gasteiger partial charge on any atom is 0.212 e. The van der Waals surface area contributed by atoms with Crippen LogP contribution in [-0.4, -0.2) is 31.9 Å². The van der Waals surface area contributed by atoms with Gasteiger partial charge in [0.25, 0.3) is 0 Å². The van der Waals surface area contributed by atoms with Gasteiger partial charge in [-0.05, 0) is 17.3 Å². The molecule has 0 aliphatic rings. The first-order chi connectivity index (χ1) is 9.29. The molecule has 19 heavy (non-hydrogen) atoms. The molecule has 0 bridgehead atoms. The number of nitrogens with zero attached hydrogens (tertiary/aromatic N) is 4. The van der Waals surface area contributed by atoms with Gasteiger partial charge in [-0.1, -0.05) is 24.0 Å². The van der Waals surface area contributed by atoms with E-state index in [2.05, 4.69) is 27.3 Å². The first-order valence-corrected chi connectivity index (χ1v) is 5.84. The predicted molar refractivity (Wildman–Crippen MR) is 68.2 cm³/mol. The molecule has 0 saturated heterocycles. The monoisotopic (exact) mass is 258 g/mol. The van der Waals surface area contributed by atoms with E-state index in [-0.39, 0.29) is 13.2 Å². The fourth-order valence-electron chi connectivity index (χ4n) is 1.43. The van der Waals surface area contributed by atoms with Crippen LogP contribution in [0, 0.1) is 11.8 Å². The summed E-state index contributed by atoms with van der Waals surface area (Å²) in [6.45, 7) is 0.298. The number of benzene rings is 1. The van der Waals surface area contributed by atoms with E-state index in [9.17, 15) is 0 Å². The molecule has 0 spiro atoms. The molecule has 1 N–H and O–H groups in total. The largest absolute Gasteiger partial charge is 0.484 e. The van der Waals surface area contributed by atoms with Crippen molar-refractivity contribution >= 4 is 0 Å². The number of rotatable bonds is 4. The Balaban J connectivity index is 2.06. The lowest BCUT2D eigenvalue weighted by Gasteiger charge is -2.05. The minimum atomic E-state index is 0.0551.